The molecule has 0 aliphatic carbocycles. The first kappa shape index (κ1) is 11.3. The Morgan fingerprint density at radius 1 is 1.00 bits per heavy atom. The van der Waals surface area contributed by atoms with Gasteiger partial charge in [-0.25, -0.2) is 0 Å². The summed E-state index contributed by atoms with van der Waals surface area (Å²) in [5.41, 5.74) is 1.07. The maximum absolute atomic E-state index is 12.5. The van der Waals surface area contributed by atoms with E-state index in [9.17, 15) is 9.90 Å². The molecule has 2 heterocycles. The second-order valence-corrected chi connectivity index (χ2v) is 4.64. The summed E-state index contributed by atoms with van der Waals surface area (Å²) < 4.78 is 11.2. The molecule has 0 fully saturated rings. The fourth-order valence-corrected chi connectivity index (χ4v) is 2.52. The van der Waals surface area contributed by atoms with Crippen LogP contribution in [0.4, 0.5) is 0 Å². The maximum Gasteiger partial charge on any atom is 0.231 e. The molecule has 4 nitrogen and oxygen atoms in total. The Labute approximate surface area is 113 Å². The van der Waals surface area contributed by atoms with Crippen molar-refractivity contribution < 1.29 is 14.3 Å². The second-order valence-electron chi connectivity index (χ2n) is 4.64. The molecule has 1 aromatic heterocycles. The molecule has 0 radical (unpaired) electrons. The van der Waals surface area contributed by atoms with Gasteiger partial charge < -0.3 is 14.3 Å². The molecule has 0 bridgehead atoms. The van der Waals surface area contributed by atoms with E-state index in [4.69, 9.17) is 9.15 Å². The lowest BCUT2D eigenvalue weighted by atomic mass is 10.0. The summed E-state index contributed by atoms with van der Waals surface area (Å²) in [6, 6.07) is 14.1. The van der Waals surface area contributed by atoms with Gasteiger partial charge in [0, 0.05) is 0 Å². The van der Waals surface area contributed by atoms with Gasteiger partial charge in [-0.1, -0.05) is 24.3 Å². The monoisotopic (exact) mass is 266 g/mol. The van der Waals surface area contributed by atoms with Gasteiger partial charge in [-0.3, -0.25) is 4.79 Å². The minimum Gasteiger partial charge on any atom is -0.460 e. The van der Waals surface area contributed by atoms with Crippen molar-refractivity contribution in [2.24, 2.45) is 0 Å². The van der Waals surface area contributed by atoms with Gasteiger partial charge in [0.25, 0.3) is 0 Å². The molecule has 3 aromatic rings. The molecule has 0 saturated carbocycles. The number of hydrogen-bond acceptors (Lipinski definition) is 4. The van der Waals surface area contributed by atoms with Crippen molar-refractivity contribution in [3.8, 4) is 17.1 Å². The van der Waals surface area contributed by atoms with Gasteiger partial charge in [0.1, 0.15) is 16.9 Å². The van der Waals surface area contributed by atoms with Gasteiger partial charge in [0.05, 0.1) is 10.9 Å². The SMILES string of the molecule is O=c1c2c(oc3ccccc13)-c1ccccc1O[C@@H]2O. The highest BCUT2D eigenvalue weighted by Gasteiger charge is 2.30. The van der Waals surface area contributed by atoms with Crippen molar-refractivity contribution in [2.75, 3.05) is 0 Å². The van der Waals surface area contributed by atoms with Crippen molar-refractivity contribution in [2.45, 2.75) is 6.29 Å². The number of fused-ring (bicyclic) bond motifs is 4. The predicted octanol–water partition coefficient (Wildman–Crippen LogP) is 2.84. The van der Waals surface area contributed by atoms with Gasteiger partial charge in [0.2, 0.25) is 11.7 Å². The molecule has 0 saturated heterocycles. The van der Waals surface area contributed by atoms with Gasteiger partial charge in [-0.2, -0.15) is 0 Å². The molecular formula is C16H10O4. The highest BCUT2D eigenvalue weighted by atomic mass is 16.6. The van der Waals surface area contributed by atoms with E-state index in [1.54, 1.807) is 42.5 Å². The van der Waals surface area contributed by atoms with Crippen molar-refractivity contribution in [3.63, 3.8) is 0 Å². The van der Waals surface area contributed by atoms with Crippen molar-refractivity contribution in [1.82, 2.24) is 0 Å². The Bertz CT molecular complexity index is 879. The third-order valence-corrected chi connectivity index (χ3v) is 3.45. The van der Waals surface area contributed by atoms with Crippen molar-refractivity contribution >= 4 is 11.0 Å². The molecule has 98 valence electrons. The molecule has 20 heavy (non-hydrogen) atoms. The zero-order valence-electron chi connectivity index (χ0n) is 10.4. The highest BCUT2D eigenvalue weighted by Crippen LogP contribution is 2.40. The molecule has 1 aliphatic heterocycles. The fourth-order valence-electron chi connectivity index (χ4n) is 2.52. The van der Waals surface area contributed by atoms with E-state index < -0.39 is 6.29 Å². The summed E-state index contributed by atoms with van der Waals surface area (Å²) in [5, 5.41) is 10.5. The summed E-state index contributed by atoms with van der Waals surface area (Å²) in [5.74, 6) is 0.883. The van der Waals surface area contributed by atoms with E-state index in [0.717, 1.165) is 0 Å². The van der Waals surface area contributed by atoms with E-state index in [-0.39, 0.29) is 11.0 Å². The van der Waals surface area contributed by atoms with Crippen molar-refractivity contribution in [1.29, 1.82) is 0 Å². The summed E-state index contributed by atoms with van der Waals surface area (Å²) in [7, 11) is 0. The van der Waals surface area contributed by atoms with Crippen LogP contribution >= 0.6 is 0 Å². The normalized spacial score (nSPS) is 16.4. The van der Waals surface area contributed by atoms with Crippen LogP contribution in [0.3, 0.4) is 0 Å². The Kier molecular flexibility index (Phi) is 2.22. The number of rotatable bonds is 0. The zero-order chi connectivity index (χ0) is 13.7. The lowest BCUT2D eigenvalue weighted by Gasteiger charge is -2.23. The zero-order valence-corrected chi connectivity index (χ0v) is 10.4. The van der Waals surface area contributed by atoms with Crippen LogP contribution in [-0.4, -0.2) is 5.11 Å². The second kappa shape index (κ2) is 3.95. The lowest BCUT2D eigenvalue weighted by molar-refractivity contribution is -0.0235. The van der Waals surface area contributed by atoms with E-state index in [1.165, 1.54) is 0 Å². The van der Waals surface area contributed by atoms with Crippen LogP contribution in [0.15, 0.2) is 57.7 Å². The Hall–Kier alpha value is -2.59. The van der Waals surface area contributed by atoms with E-state index >= 15 is 0 Å². The molecule has 0 spiro atoms. The lowest BCUT2D eigenvalue weighted by Crippen LogP contribution is -2.22. The molecule has 0 unspecified atom stereocenters. The molecule has 1 aliphatic rings. The molecule has 2 aromatic carbocycles. The molecule has 1 N–H and O–H groups in total. The number of para-hydroxylation sites is 2. The topological polar surface area (TPSA) is 59.7 Å². The summed E-state index contributed by atoms with van der Waals surface area (Å²) in [4.78, 5) is 12.5. The first-order chi connectivity index (χ1) is 9.75. The van der Waals surface area contributed by atoms with Crippen LogP contribution in [0, 0.1) is 0 Å². The standard InChI is InChI=1S/C16H10O4/c17-14-9-5-1-3-7-11(9)19-15-10-6-2-4-8-12(10)20-16(18)13(14)15/h1-8,16,18H/t16-/m0/s1. The molecule has 1 atom stereocenters. The number of benzene rings is 2. The number of aliphatic hydroxyl groups is 1. The summed E-state index contributed by atoms with van der Waals surface area (Å²) in [6.45, 7) is 0. The van der Waals surface area contributed by atoms with Crippen molar-refractivity contribution in [3.05, 3.63) is 64.3 Å². The number of aliphatic hydroxyl groups excluding tert-OH is 1. The summed E-state index contributed by atoms with van der Waals surface area (Å²) in [6.07, 6.45) is -1.30. The first-order valence-corrected chi connectivity index (χ1v) is 6.25. The van der Waals surface area contributed by atoms with E-state index in [0.29, 0.717) is 28.0 Å². The fraction of sp³-hybridized carbons (Fsp3) is 0.0625. The first-order valence-electron chi connectivity index (χ1n) is 6.25. The highest BCUT2D eigenvalue weighted by molar-refractivity contribution is 5.82. The molecule has 0 amide bonds. The van der Waals surface area contributed by atoms with Gasteiger partial charge in [0.15, 0.2) is 5.76 Å². The van der Waals surface area contributed by atoms with Gasteiger partial charge in [-0.05, 0) is 24.3 Å². The van der Waals surface area contributed by atoms with Crippen LogP contribution in [0.1, 0.15) is 11.9 Å². The minimum absolute atomic E-state index is 0.155. The third kappa shape index (κ3) is 1.42. The average Bonchev–Trinajstić information content (AvgIpc) is 2.47. The van der Waals surface area contributed by atoms with Crippen LogP contribution < -0.4 is 10.2 Å². The van der Waals surface area contributed by atoms with Gasteiger partial charge >= 0.3 is 0 Å². The number of ether oxygens (including phenoxy) is 1. The molecular weight excluding hydrogens is 256 g/mol. The molecule has 4 heteroatoms. The minimum atomic E-state index is -1.30. The largest absolute Gasteiger partial charge is 0.460 e. The van der Waals surface area contributed by atoms with E-state index in [2.05, 4.69) is 0 Å². The third-order valence-electron chi connectivity index (χ3n) is 3.45. The Morgan fingerprint density at radius 3 is 2.65 bits per heavy atom. The summed E-state index contributed by atoms with van der Waals surface area (Å²) >= 11 is 0. The van der Waals surface area contributed by atoms with Crippen LogP contribution in [-0.2, 0) is 0 Å². The predicted molar refractivity (Wildman–Crippen MR) is 73.5 cm³/mol. The number of hydrogen-bond donors (Lipinski definition) is 1. The van der Waals surface area contributed by atoms with E-state index in [1.807, 2.05) is 6.07 Å². The maximum atomic E-state index is 12.5. The van der Waals surface area contributed by atoms with Gasteiger partial charge in [-0.15, -0.1) is 0 Å². The Balaban J connectivity index is 2.17. The Morgan fingerprint density at radius 2 is 1.75 bits per heavy atom. The van der Waals surface area contributed by atoms with Crippen LogP contribution in [0.25, 0.3) is 22.3 Å². The van der Waals surface area contributed by atoms with Crippen LogP contribution in [0.2, 0.25) is 0 Å². The average molecular weight is 266 g/mol. The van der Waals surface area contributed by atoms with Crippen LogP contribution in [0.5, 0.6) is 5.75 Å². The molecule has 4 rings (SSSR count). The smallest absolute Gasteiger partial charge is 0.231 e. The quantitative estimate of drug-likeness (QED) is 0.679.